The number of aromatic nitrogens is 2. The lowest BCUT2D eigenvalue weighted by atomic mass is 10.1. The molecule has 1 aromatic heterocycles. The molecule has 0 saturated heterocycles. The average Bonchev–Trinajstić information content (AvgIpc) is 2.65. The van der Waals surface area contributed by atoms with Crippen molar-refractivity contribution in [2.24, 2.45) is 7.05 Å². The molecule has 1 N–H and O–H groups in total. The molecule has 0 atom stereocenters. The Bertz CT molecular complexity index is 705. The van der Waals surface area contributed by atoms with Crippen molar-refractivity contribution in [3.05, 3.63) is 46.8 Å². The number of carbonyl (C=O) groups excluding carboxylic acids is 1. The van der Waals surface area contributed by atoms with E-state index in [1.54, 1.807) is 18.7 Å². The third-order valence-corrected chi connectivity index (χ3v) is 3.47. The first-order valence-corrected chi connectivity index (χ1v) is 6.64. The van der Waals surface area contributed by atoms with Crippen LogP contribution in [0.2, 0.25) is 0 Å². The monoisotopic (exact) mass is 311 g/mol. The topological polar surface area (TPSA) is 46.9 Å². The molecule has 0 saturated carbocycles. The minimum absolute atomic E-state index is 0.0712. The Hall–Kier alpha value is -2.31. The van der Waals surface area contributed by atoms with E-state index in [-0.39, 0.29) is 18.0 Å². The summed E-state index contributed by atoms with van der Waals surface area (Å²) in [7, 11) is 1.77. The summed E-state index contributed by atoms with van der Waals surface area (Å²) in [6.07, 6.45) is -4.36. The number of rotatable bonds is 3. The minimum Gasteiger partial charge on any atom is -0.326 e. The molecule has 1 heterocycles. The number of nitrogens with zero attached hydrogens (tertiary/aromatic N) is 2. The van der Waals surface area contributed by atoms with Crippen LogP contribution in [-0.4, -0.2) is 15.7 Å². The van der Waals surface area contributed by atoms with Gasteiger partial charge in [-0.2, -0.15) is 18.3 Å². The van der Waals surface area contributed by atoms with Crippen LogP contribution in [-0.2, 0) is 24.4 Å². The average molecular weight is 311 g/mol. The molecule has 0 fully saturated rings. The molecular weight excluding hydrogens is 295 g/mol. The van der Waals surface area contributed by atoms with Crippen LogP contribution >= 0.6 is 0 Å². The van der Waals surface area contributed by atoms with Gasteiger partial charge in [-0.15, -0.1) is 0 Å². The van der Waals surface area contributed by atoms with Gasteiger partial charge in [-0.25, -0.2) is 0 Å². The van der Waals surface area contributed by atoms with E-state index >= 15 is 0 Å². The maximum absolute atomic E-state index is 12.6. The second-order valence-corrected chi connectivity index (χ2v) is 5.08. The van der Waals surface area contributed by atoms with Crippen LogP contribution in [0.4, 0.5) is 18.9 Å². The van der Waals surface area contributed by atoms with Crippen LogP contribution < -0.4 is 5.32 Å². The highest BCUT2D eigenvalue weighted by atomic mass is 19.4. The minimum atomic E-state index is -4.43. The summed E-state index contributed by atoms with van der Waals surface area (Å²) < 4.78 is 39.6. The first-order valence-electron chi connectivity index (χ1n) is 6.64. The summed E-state index contributed by atoms with van der Waals surface area (Å²) >= 11 is 0. The number of anilines is 1. The number of aryl methyl sites for hydroxylation is 2. The highest BCUT2D eigenvalue weighted by molar-refractivity contribution is 5.92. The van der Waals surface area contributed by atoms with Crippen molar-refractivity contribution in [1.82, 2.24) is 9.78 Å². The maximum atomic E-state index is 12.6. The molecule has 7 heteroatoms. The maximum Gasteiger partial charge on any atom is 0.416 e. The van der Waals surface area contributed by atoms with Gasteiger partial charge in [0.05, 0.1) is 17.7 Å². The SMILES string of the molecule is Cc1nn(C)c(C)c1CC(=O)Nc1cccc(C(F)(F)F)c1. The van der Waals surface area contributed by atoms with Gasteiger partial charge in [0.15, 0.2) is 0 Å². The summed E-state index contributed by atoms with van der Waals surface area (Å²) in [5.74, 6) is -0.376. The van der Waals surface area contributed by atoms with Crippen molar-refractivity contribution in [2.75, 3.05) is 5.32 Å². The van der Waals surface area contributed by atoms with Crippen LogP contribution in [0.3, 0.4) is 0 Å². The fourth-order valence-corrected chi connectivity index (χ4v) is 2.21. The van der Waals surface area contributed by atoms with Gasteiger partial charge < -0.3 is 5.32 Å². The van der Waals surface area contributed by atoms with E-state index < -0.39 is 11.7 Å². The van der Waals surface area contributed by atoms with Gasteiger partial charge >= 0.3 is 6.18 Å². The standard InChI is InChI=1S/C15H16F3N3O/c1-9-13(10(2)21(3)20-9)8-14(22)19-12-6-4-5-11(7-12)15(16,17)18/h4-7H,8H2,1-3H3,(H,19,22). The van der Waals surface area contributed by atoms with E-state index in [0.717, 1.165) is 29.1 Å². The summed E-state index contributed by atoms with van der Waals surface area (Å²) in [4.78, 5) is 12.0. The van der Waals surface area contributed by atoms with Crippen molar-refractivity contribution in [3.8, 4) is 0 Å². The lowest BCUT2D eigenvalue weighted by Crippen LogP contribution is -2.16. The molecule has 4 nitrogen and oxygen atoms in total. The van der Waals surface area contributed by atoms with Crippen molar-refractivity contribution in [2.45, 2.75) is 26.4 Å². The molecular formula is C15H16F3N3O. The quantitative estimate of drug-likeness (QED) is 0.946. The lowest BCUT2D eigenvalue weighted by molar-refractivity contribution is -0.137. The first-order chi connectivity index (χ1) is 10.2. The summed E-state index contributed by atoms with van der Waals surface area (Å²) in [5.41, 5.74) is 1.71. The van der Waals surface area contributed by atoms with E-state index in [1.807, 2.05) is 6.92 Å². The molecule has 118 valence electrons. The van der Waals surface area contributed by atoms with Crippen LogP contribution in [0.1, 0.15) is 22.5 Å². The predicted molar refractivity (Wildman–Crippen MR) is 76.5 cm³/mol. The predicted octanol–water partition coefficient (Wildman–Crippen LogP) is 3.24. The highest BCUT2D eigenvalue weighted by Crippen LogP contribution is 2.30. The molecule has 22 heavy (non-hydrogen) atoms. The number of carbonyl (C=O) groups is 1. The molecule has 0 unspecified atom stereocenters. The van der Waals surface area contributed by atoms with Gasteiger partial charge in [-0.3, -0.25) is 9.48 Å². The highest BCUT2D eigenvalue weighted by Gasteiger charge is 2.30. The fourth-order valence-electron chi connectivity index (χ4n) is 2.21. The summed E-state index contributed by atoms with van der Waals surface area (Å²) in [6, 6.07) is 4.57. The zero-order valence-electron chi connectivity index (χ0n) is 12.5. The van der Waals surface area contributed by atoms with E-state index in [9.17, 15) is 18.0 Å². The normalized spacial score (nSPS) is 11.5. The number of nitrogens with one attached hydrogen (secondary N) is 1. The van der Waals surface area contributed by atoms with Gasteiger partial charge in [0.2, 0.25) is 5.91 Å². The Morgan fingerprint density at radius 3 is 2.55 bits per heavy atom. The number of hydrogen-bond acceptors (Lipinski definition) is 2. The Kier molecular flexibility index (Phi) is 4.25. The van der Waals surface area contributed by atoms with Crippen LogP contribution in [0.15, 0.2) is 24.3 Å². The Balaban J connectivity index is 2.13. The first kappa shape index (κ1) is 16.1. The van der Waals surface area contributed by atoms with E-state index in [1.165, 1.54) is 12.1 Å². The molecule has 0 aliphatic carbocycles. The smallest absolute Gasteiger partial charge is 0.326 e. The van der Waals surface area contributed by atoms with Gasteiger partial charge in [0, 0.05) is 24.0 Å². The van der Waals surface area contributed by atoms with Crippen molar-refractivity contribution >= 4 is 11.6 Å². The van der Waals surface area contributed by atoms with Gasteiger partial charge in [0.25, 0.3) is 0 Å². The number of benzene rings is 1. The van der Waals surface area contributed by atoms with Crippen LogP contribution in [0.5, 0.6) is 0 Å². The van der Waals surface area contributed by atoms with E-state index in [2.05, 4.69) is 10.4 Å². The molecule has 0 aliphatic heterocycles. The lowest BCUT2D eigenvalue weighted by Gasteiger charge is -2.10. The third-order valence-electron chi connectivity index (χ3n) is 3.47. The van der Waals surface area contributed by atoms with Crippen LogP contribution in [0.25, 0.3) is 0 Å². The molecule has 0 spiro atoms. The van der Waals surface area contributed by atoms with Crippen LogP contribution in [0, 0.1) is 13.8 Å². The largest absolute Gasteiger partial charge is 0.416 e. The van der Waals surface area contributed by atoms with E-state index in [0.29, 0.717) is 0 Å². The van der Waals surface area contributed by atoms with E-state index in [4.69, 9.17) is 0 Å². The Labute approximate surface area is 125 Å². The van der Waals surface area contributed by atoms with Gasteiger partial charge in [0.1, 0.15) is 0 Å². The molecule has 0 radical (unpaired) electrons. The molecule has 0 aliphatic rings. The summed E-state index contributed by atoms with van der Waals surface area (Å²) in [5, 5.41) is 6.70. The van der Waals surface area contributed by atoms with Crippen molar-refractivity contribution in [3.63, 3.8) is 0 Å². The molecule has 2 rings (SSSR count). The second kappa shape index (κ2) is 5.82. The molecule has 0 bridgehead atoms. The zero-order chi connectivity index (χ0) is 16.5. The van der Waals surface area contributed by atoms with Gasteiger partial charge in [-0.1, -0.05) is 6.07 Å². The Morgan fingerprint density at radius 1 is 1.32 bits per heavy atom. The summed E-state index contributed by atoms with van der Waals surface area (Å²) in [6.45, 7) is 3.63. The molecule has 2 aromatic rings. The Morgan fingerprint density at radius 2 is 2.00 bits per heavy atom. The number of halogens is 3. The number of alkyl halides is 3. The number of amides is 1. The third kappa shape index (κ3) is 3.47. The molecule has 1 amide bonds. The zero-order valence-corrected chi connectivity index (χ0v) is 12.5. The number of hydrogen-bond donors (Lipinski definition) is 1. The van der Waals surface area contributed by atoms with Gasteiger partial charge in [-0.05, 0) is 32.0 Å². The molecule has 1 aromatic carbocycles. The second-order valence-electron chi connectivity index (χ2n) is 5.08. The van der Waals surface area contributed by atoms with Crippen molar-refractivity contribution < 1.29 is 18.0 Å². The fraction of sp³-hybridized carbons (Fsp3) is 0.333. The van der Waals surface area contributed by atoms with Crippen molar-refractivity contribution in [1.29, 1.82) is 0 Å².